The van der Waals surface area contributed by atoms with Gasteiger partial charge in [0.25, 0.3) is 0 Å². The topological polar surface area (TPSA) is 65.2 Å². The van der Waals surface area contributed by atoms with E-state index in [1.54, 1.807) is 48.8 Å². The lowest BCUT2D eigenvalue weighted by molar-refractivity contribution is 0.462. The van der Waals surface area contributed by atoms with Gasteiger partial charge < -0.3 is 10.2 Å². The lowest BCUT2D eigenvalue weighted by Gasteiger charge is -2.00. The average molecular weight is 300 g/mol. The summed E-state index contributed by atoms with van der Waals surface area (Å²) in [5.74, 6) is 0.336. The standard InChI is InChI=1S/C16H16N2O2S/c19-14-6-2-1-4-12(14)10-17-8-9-18-11-13-5-3-7-15(21)16(13)20/h1-7,10-11,19-21H,8-9H2. The van der Waals surface area contributed by atoms with Crippen molar-refractivity contribution < 1.29 is 10.2 Å². The van der Waals surface area contributed by atoms with Gasteiger partial charge in [0.05, 0.1) is 13.1 Å². The molecule has 0 radical (unpaired) electrons. The summed E-state index contributed by atoms with van der Waals surface area (Å²) in [6, 6.07) is 12.3. The van der Waals surface area contributed by atoms with Gasteiger partial charge in [-0.3, -0.25) is 9.98 Å². The average Bonchev–Trinajstić information content (AvgIpc) is 2.48. The minimum absolute atomic E-state index is 0.127. The van der Waals surface area contributed by atoms with E-state index in [0.29, 0.717) is 29.1 Å². The highest BCUT2D eigenvalue weighted by Crippen LogP contribution is 2.23. The SMILES string of the molecule is Oc1ccccc1C=NCCN=Cc1cccc(S)c1O. The number of thiol groups is 1. The van der Waals surface area contributed by atoms with Crippen LogP contribution in [0.4, 0.5) is 0 Å². The van der Waals surface area contributed by atoms with E-state index >= 15 is 0 Å². The monoisotopic (exact) mass is 300 g/mol. The van der Waals surface area contributed by atoms with Crippen LogP contribution in [0.1, 0.15) is 11.1 Å². The minimum Gasteiger partial charge on any atom is -0.507 e. The summed E-state index contributed by atoms with van der Waals surface area (Å²) in [6.07, 6.45) is 3.22. The van der Waals surface area contributed by atoms with E-state index in [0.717, 1.165) is 0 Å². The van der Waals surface area contributed by atoms with Crippen molar-refractivity contribution in [2.75, 3.05) is 13.1 Å². The zero-order valence-corrected chi connectivity index (χ0v) is 12.2. The van der Waals surface area contributed by atoms with Crippen molar-refractivity contribution in [1.29, 1.82) is 0 Å². The zero-order valence-electron chi connectivity index (χ0n) is 11.3. The van der Waals surface area contributed by atoms with Crippen LogP contribution in [0.3, 0.4) is 0 Å². The van der Waals surface area contributed by atoms with Gasteiger partial charge in [-0.25, -0.2) is 0 Å². The fourth-order valence-corrected chi connectivity index (χ4v) is 1.91. The maximum atomic E-state index is 9.75. The van der Waals surface area contributed by atoms with E-state index in [4.69, 9.17) is 0 Å². The molecule has 0 aliphatic heterocycles. The van der Waals surface area contributed by atoms with Crippen LogP contribution >= 0.6 is 12.6 Å². The molecule has 108 valence electrons. The van der Waals surface area contributed by atoms with E-state index in [9.17, 15) is 10.2 Å². The van der Waals surface area contributed by atoms with Gasteiger partial charge in [-0.1, -0.05) is 18.2 Å². The Labute approximate surface area is 128 Å². The zero-order chi connectivity index (χ0) is 15.1. The van der Waals surface area contributed by atoms with Gasteiger partial charge >= 0.3 is 0 Å². The van der Waals surface area contributed by atoms with Gasteiger partial charge in [0.2, 0.25) is 0 Å². The van der Waals surface area contributed by atoms with Crippen LogP contribution in [0.2, 0.25) is 0 Å². The third-order valence-electron chi connectivity index (χ3n) is 2.80. The number of rotatable bonds is 5. The molecule has 0 saturated carbocycles. The molecule has 0 aliphatic carbocycles. The summed E-state index contributed by atoms with van der Waals surface area (Å²) < 4.78 is 0. The van der Waals surface area contributed by atoms with Crippen molar-refractivity contribution in [2.45, 2.75) is 4.90 Å². The van der Waals surface area contributed by atoms with Gasteiger partial charge in [0.15, 0.2) is 0 Å². The molecule has 2 aromatic carbocycles. The Morgan fingerprint density at radius 3 is 2.19 bits per heavy atom. The lowest BCUT2D eigenvalue weighted by Crippen LogP contribution is -1.91. The Hall–Kier alpha value is -2.27. The molecular formula is C16H16N2O2S. The molecular weight excluding hydrogens is 284 g/mol. The Morgan fingerprint density at radius 1 is 0.857 bits per heavy atom. The highest BCUT2D eigenvalue weighted by molar-refractivity contribution is 7.80. The number of benzene rings is 2. The summed E-state index contributed by atoms with van der Waals surface area (Å²) in [7, 11) is 0. The maximum Gasteiger partial charge on any atom is 0.137 e. The predicted octanol–water partition coefficient (Wildman–Crippen LogP) is 2.92. The van der Waals surface area contributed by atoms with E-state index in [1.807, 2.05) is 6.07 Å². The van der Waals surface area contributed by atoms with Crippen LogP contribution < -0.4 is 0 Å². The third-order valence-corrected chi connectivity index (χ3v) is 3.16. The maximum absolute atomic E-state index is 9.75. The molecule has 0 fully saturated rings. The number of aromatic hydroxyl groups is 2. The Bertz CT molecular complexity index is 669. The normalized spacial score (nSPS) is 11.5. The summed E-state index contributed by atoms with van der Waals surface area (Å²) in [5.41, 5.74) is 1.31. The van der Waals surface area contributed by atoms with E-state index < -0.39 is 0 Å². The largest absolute Gasteiger partial charge is 0.507 e. The molecule has 5 heteroatoms. The number of phenols is 2. The van der Waals surface area contributed by atoms with Crippen molar-refractivity contribution in [3.63, 3.8) is 0 Å². The number of aliphatic imine (C=N–C) groups is 2. The fourth-order valence-electron chi connectivity index (χ4n) is 1.69. The van der Waals surface area contributed by atoms with Crippen LogP contribution in [0, 0.1) is 0 Å². The van der Waals surface area contributed by atoms with Gasteiger partial charge in [-0.2, -0.15) is 0 Å². The molecule has 0 amide bonds. The summed E-state index contributed by atoms with van der Waals surface area (Å²) in [4.78, 5) is 8.92. The second-order valence-corrected chi connectivity index (χ2v) is 4.83. The van der Waals surface area contributed by atoms with Crippen molar-refractivity contribution in [2.24, 2.45) is 9.98 Å². The number of para-hydroxylation sites is 2. The quantitative estimate of drug-likeness (QED) is 0.451. The Morgan fingerprint density at radius 2 is 1.48 bits per heavy atom. The molecule has 0 aromatic heterocycles. The predicted molar refractivity (Wildman–Crippen MR) is 88.4 cm³/mol. The highest BCUT2D eigenvalue weighted by atomic mass is 32.1. The molecule has 0 atom stereocenters. The highest BCUT2D eigenvalue weighted by Gasteiger charge is 2.00. The number of nitrogens with zero attached hydrogens (tertiary/aromatic N) is 2. The first-order valence-electron chi connectivity index (χ1n) is 6.47. The smallest absolute Gasteiger partial charge is 0.137 e. The summed E-state index contributed by atoms with van der Waals surface area (Å²) in [6.45, 7) is 1.01. The first-order valence-corrected chi connectivity index (χ1v) is 6.92. The first kappa shape index (κ1) is 15.1. The Balaban J connectivity index is 1.86. The minimum atomic E-state index is 0.127. The summed E-state index contributed by atoms with van der Waals surface area (Å²) in [5, 5.41) is 19.3. The molecule has 21 heavy (non-hydrogen) atoms. The van der Waals surface area contributed by atoms with Crippen LogP contribution in [-0.2, 0) is 0 Å². The molecule has 0 bridgehead atoms. The molecule has 0 saturated heterocycles. The molecule has 0 aliphatic rings. The molecule has 0 heterocycles. The summed E-state index contributed by atoms with van der Waals surface area (Å²) >= 11 is 4.14. The molecule has 2 N–H and O–H groups in total. The van der Waals surface area contributed by atoms with Crippen LogP contribution in [0.5, 0.6) is 11.5 Å². The Kier molecular flexibility index (Phi) is 5.40. The van der Waals surface area contributed by atoms with E-state index in [2.05, 4.69) is 22.6 Å². The number of hydrogen-bond donors (Lipinski definition) is 3. The number of phenolic OH excluding ortho intramolecular Hbond substituents is 2. The number of hydrogen-bond acceptors (Lipinski definition) is 5. The van der Waals surface area contributed by atoms with Gasteiger partial charge in [0.1, 0.15) is 11.5 Å². The molecule has 2 aromatic rings. The van der Waals surface area contributed by atoms with Crippen LogP contribution in [0.15, 0.2) is 57.3 Å². The van der Waals surface area contributed by atoms with E-state index in [-0.39, 0.29) is 11.5 Å². The van der Waals surface area contributed by atoms with E-state index in [1.165, 1.54) is 0 Å². The van der Waals surface area contributed by atoms with Crippen molar-refractivity contribution in [1.82, 2.24) is 0 Å². The second-order valence-electron chi connectivity index (χ2n) is 4.34. The third kappa shape index (κ3) is 4.36. The van der Waals surface area contributed by atoms with Gasteiger partial charge in [-0.05, 0) is 24.3 Å². The lowest BCUT2D eigenvalue weighted by atomic mass is 10.2. The van der Waals surface area contributed by atoms with Crippen molar-refractivity contribution in [3.05, 3.63) is 53.6 Å². The molecule has 0 spiro atoms. The van der Waals surface area contributed by atoms with Crippen LogP contribution in [0.25, 0.3) is 0 Å². The van der Waals surface area contributed by atoms with Gasteiger partial charge in [0, 0.05) is 28.5 Å². The van der Waals surface area contributed by atoms with Crippen molar-refractivity contribution in [3.8, 4) is 11.5 Å². The van der Waals surface area contributed by atoms with Gasteiger partial charge in [-0.15, -0.1) is 12.6 Å². The molecule has 4 nitrogen and oxygen atoms in total. The van der Waals surface area contributed by atoms with Crippen molar-refractivity contribution >= 4 is 25.1 Å². The first-order chi connectivity index (χ1) is 10.2. The molecule has 2 rings (SSSR count). The second kappa shape index (κ2) is 7.50. The van der Waals surface area contributed by atoms with Crippen LogP contribution in [-0.4, -0.2) is 35.7 Å². The molecule has 0 unspecified atom stereocenters. The fraction of sp³-hybridized carbons (Fsp3) is 0.125.